The van der Waals surface area contributed by atoms with Crippen molar-refractivity contribution in [1.82, 2.24) is 25.8 Å². The molecule has 15 nitrogen and oxygen atoms in total. The minimum absolute atomic E-state index is 0.0222. The highest BCUT2D eigenvalue weighted by atomic mass is 31.2. The second-order valence-electron chi connectivity index (χ2n) is 14.1. The molecule has 2 aromatic carbocycles. The van der Waals surface area contributed by atoms with Gasteiger partial charge in [-0.25, -0.2) is 9.59 Å². The zero-order valence-electron chi connectivity index (χ0n) is 31.1. The Morgan fingerprint density at radius 1 is 0.852 bits per heavy atom. The van der Waals surface area contributed by atoms with E-state index in [4.69, 9.17) is 9.47 Å². The molecule has 0 bridgehead atoms. The number of benzene rings is 2. The van der Waals surface area contributed by atoms with E-state index < -0.39 is 79.7 Å². The van der Waals surface area contributed by atoms with E-state index in [1.807, 2.05) is 44.2 Å². The van der Waals surface area contributed by atoms with Crippen LogP contribution in [0.4, 0.5) is 4.79 Å². The van der Waals surface area contributed by atoms with Crippen LogP contribution in [0.15, 0.2) is 60.7 Å². The first-order chi connectivity index (χ1) is 25.8. The van der Waals surface area contributed by atoms with Crippen molar-refractivity contribution in [2.24, 2.45) is 5.92 Å². The Morgan fingerprint density at radius 3 is 2.06 bits per heavy atom. The van der Waals surface area contributed by atoms with Gasteiger partial charge in [0.2, 0.25) is 31.0 Å². The number of hydrogen-bond acceptors (Lipinski definition) is 9. The predicted molar refractivity (Wildman–Crippen MR) is 199 cm³/mol. The van der Waals surface area contributed by atoms with Crippen LogP contribution in [-0.4, -0.2) is 107 Å². The van der Waals surface area contributed by atoms with Crippen LogP contribution in [0.1, 0.15) is 63.5 Å². The Hall–Kier alpha value is -4.75. The van der Waals surface area contributed by atoms with Crippen LogP contribution in [0.3, 0.4) is 0 Å². The quantitative estimate of drug-likeness (QED) is 0.137. The highest BCUT2D eigenvalue weighted by Crippen LogP contribution is 2.47. The summed E-state index contributed by atoms with van der Waals surface area (Å²) in [6, 6.07) is 15.3. The summed E-state index contributed by atoms with van der Waals surface area (Å²) in [7, 11) is -3.02. The highest BCUT2D eigenvalue weighted by molar-refractivity contribution is 7.58. The molecule has 54 heavy (non-hydrogen) atoms. The summed E-state index contributed by atoms with van der Waals surface area (Å²) in [5.74, 6) is -4.05. The third-order valence-electron chi connectivity index (χ3n) is 9.54. The van der Waals surface area contributed by atoms with Crippen LogP contribution < -0.4 is 16.0 Å². The molecule has 2 fully saturated rings. The van der Waals surface area contributed by atoms with Crippen LogP contribution in [0.2, 0.25) is 0 Å². The molecule has 4 rings (SSSR count). The van der Waals surface area contributed by atoms with Crippen molar-refractivity contribution in [3.8, 4) is 0 Å². The number of carbonyl (C=O) groups excluding carboxylic acids is 6. The molecule has 5 amide bonds. The molecular weight excluding hydrogens is 717 g/mol. The smallest absolute Gasteiger partial charge is 0.410 e. The first kappa shape index (κ1) is 42.0. The molecule has 294 valence electrons. The van der Waals surface area contributed by atoms with Gasteiger partial charge in [-0.1, -0.05) is 74.5 Å². The molecule has 16 heteroatoms. The van der Waals surface area contributed by atoms with Crippen LogP contribution in [0.5, 0.6) is 0 Å². The van der Waals surface area contributed by atoms with Crippen molar-refractivity contribution in [3.05, 3.63) is 71.8 Å². The number of rotatable bonds is 17. The van der Waals surface area contributed by atoms with Gasteiger partial charge >= 0.3 is 12.1 Å². The molecule has 0 radical (unpaired) electrons. The summed E-state index contributed by atoms with van der Waals surface area (Å²) in [5, 5.41) is 7.84. The minimum atomic E-state index is -4.26. The maximum atomic E-state index is 13.9. The van der Waals surface area contributed by atoms with Crippen LogP contribution in [0, 0.1) is 5.92 Å². The molecule has 0 aromatic heterocycles. The van der Waals surface area contributed by atoms with Gasteiger partial charge in [0.1, 0.15) is 30.5 Å². The first-order valence-corrected chi connectivity index (χ1v) is 20.3. The van der Waals surface area contributed by atoms with Gasteiger partial charge < -0.3 is 35.2 Å². The molecule has 2 aliphatic heterocycles. The molecule has 0 aliphatic carbocycles. The van der Waals surface area contributed by atoms with E-state index in [1.54, 1.807) is 30.3 Å². The lowest BCUT2D eigenvalue weighted by molar-refractivity contribution is -0.146. The first-order valence-electron chi connectivity index (χ1n) is 18.4. The molecule has 4 N–H and O–H groups in total. The minimum Gasteiger partial charge on any atom is -0.467 e. The largest absolute Gasteiger partial charge is 0.467 e. The van der Waals surface area contributed by atoms with Crippen LogP contribution in [0.25, 0.3) is 0 Å². The molecule has 0 saturated carbocycles. The number of nitrogens with zero attached hydrogens (tertiary/aromatic N) is 2. The van der Waals surface area contributed by atoms with Crippen molar-refractivity contribution in [2.45, 2.75) is 89.3 Å². The van der Waals surface area contributed by atoms with Gasteiger partial charge in [-0.15, -0.1) is 0 Å². The topological polar surface area (TPSA) is 201 Å². The van der Waals surface area contributed by atoms with E-state index in [0.29, 0.717) is 44.2 Å². The molecule has 0 spiro atoms. The number of ether oxygens (including phenoxy) is 2. The molecule has 5 atom stereocenters. The zero-order chi connectivity index (χ0) is 39.3. The van der Waals surface area contributed by atoms with E-state index in [1.165, 1.54) is 16.9 Å². The Balaban J connectivity index is 1.34. The summed E-state index contributed by atoms with van der Waals surface area (Å²) in [5.41, 5.74) is 1.47. The Bertz CT molecular complexity index is 1660. The van der Waals surface area contributed by atoms with E-state index in [2.05, 4.69) is 16.0 Å². The maximum absolute atomic E-state index is 13.9. The van der Waals surface area contributed by atoms with E-state index in [0.717, 1.165) is 5.56 Å². The van der Waals surface area contributed by atoms with Gasteiger partial charge in [0, 0.05) is 32.1 Å². The van der Waals surface area contributed by atoms with Gasteiger partial charge in [-0.2, -0.15) is 0 Å². The summed E-state index contributed by atoms with van der Waals surface area (Å²) >= 11 is 0. The van der Waals surface area contributed by atoms with Crippen LogP contribution >= 0.6 is 7.37 Å². The van der Waals surface area contributed by atoms with E-state index in [9.17, 15) is 38.2 Å². The number of nitrogens with one attached hydrogen (secondary N) is 3. The number of hydrogen-bond donors (Lipinski definition) is 4. The lowest BCUT2D eigenvalue weighted by Crippen LogP contribution is -2.51. The number of amides is 5. The van der Waals surface area contributed by atoms with Crippen molar-refractivity contribution < 1.29 is 47.7 Å². The summed E-state index contributed by atoms with van der Waals surface area (Å²) in [4.78, 5) is 92.0. The summed E-state index contributed by atoms with van der Waals surface area (Å²) in [6.45, 7) is 3.93. The lowest BCUT2D eigenvalue weighted by Gasteiger charge is -2.28. The summed E-state index contributed by atoms with van der Waals surface area (Å²) < 4.78 is 24.1. The van der Waals surface area contributed by atoms with Gasteiger partial charge in [0.15, 0.2) is 0 Å². The van der Waals surface area contributed by atoms with Crippen LogP contribution in [-0.2, 0) is 51.0 Å². The fourth-order valence-corrected chi connectivity index (χ4v) is 8.37. The molecule has 2 heterocycles. The monoisotopic (exact) mass is 769 g/mol. The number of esters is 1. The fraction of sp³-hybridized carbons (Fsp3) is 0.526. The van der Waals surface area contributed by atoms with Gasteiger partial charge in [-0.05, 0) is 49.1 Å². The van der Waals surface area contributed by atoms with Crippen molar-refractivity contribution in [2.75, 3.05) is 32.9 Å². The normalized spacial score (nSPS) is 19.0. The Labute approximate surface area is 316 Å². The SMILES string of the molecule is COC(=O)C(CC(C)C)NC(=O)C1CCCN1C(=O)CCP(=O)(O)C(Cc1ccccc1)NC(=O)CNC(=O)C1CCCN1C(=O)OCc1ccccc1. The average Bonchev–Trinajstić information content (AvgIpc) is 3.86. The maximum Gasteiger partial charge on any atom is 0.410 e. The highest BCUT2D eigenvalue weighted by Gasteiger charge is 2.39. The Morgan fingerprint density at radius 2 is 1.44 bits per heavy atom. The average molecular weight is 770 g/mol. The van der Waals surface area contributed by atoms with Gasteiger partial charge in [0.05, 0.1) is 13.7 Å². The summed E-state index contributed by atoms with van der Waals surface area (Å²) in [6.07, 6.45) is 0.728. The molecule has 5 unspecified atom stereocenters. The molecule has 2 aromatic rings. The second kappa shape index (κ2) is 20.1. The van der Waals surface area contributed by atoms with E-state index in [-0.39, 0.29) is 31.9 Å². The van der Waals surface area contributed by atoms with Gasteiger partial charge in [0.25, 0.3) is 0 Å². The fourth-order valence-electron chi connectivity index (χ4n) is 6.70. The standard InChI is InChI=1S/C38H52N5O10P/c1-26(2)22-29(37(48)52-3)40-36(47)31-17-10-19-42(31)34(45)18-21-54(50,51)33(23-27-12-6-4-7-13-27)41-32(44)24-39-35(46)30-16-11-20-43(30)38(49)53-25-28-14-8-5-9-15-28/h4-9,12-15,26,29-31,33H,10-11,16-25H2,1-3H3,(H,39,46)(H,40,47)(H,41,44)(H,50,51). The zero-order valence-corrected chi connectivity index (χ0v) is 32.0. The number of carbonyl (C=O) groups is 6. The van der Waals surface area contributed by atoms with Crippen molar-refractivity contribution in [3.63, 3.8) is 0 Å². The number of likely N-dealkylation sites (tertiary alicyclic amines) is 2. The third kappa shape index (κ3) is 12.1. The number of methoxy groups -OCH3 is 1. The Kier molecular flexibility index (Phi) is 15.6. The molecule has 2 saturated heterocycles. The predicted octanol–water partition coefficient (Wildman–Crippen LogP) is 2.94. The lowest BCUT2D eigenvalue weighted by atomic mass is 10.0. The van der Waals surface area contributed by atoms with Crippen molar-refractivity contribution in [1.29, 1.82) is 0 Å². The second-order valence-corrected chi connectivity index (χ2v) is 16.7. The van der Waals surface area contributed by atoms with Crippen molar-refractivity contribution >= 4 is 43.1 Å². The van der Waals surface area contributed by atoms with Gasteiger partial charge in [-0.3, -0.25) is 28.6 Å². The van der Waals surface area contributed by atoms with E-state index >= 15 is 0 Å². The molecular formula is C38H52N5O10P. The molecule has 2 aliphatic rings. The third-order valence-corrected chi connectivity index (χ3v) is 11.7.